The Kier molecular flexibility index (Phi) is 27.7. The van der Waals surface area contributed by atoms with Gasteiger partial charge in [0.05, 0.1) is 12.1 Å². The molecule has 8 N–H and O–H groups in total. The summed E-state index contributed by atoms with van der Waals surface area (Å²) in [5, 5.41) is 19.0. The first kappa shape index (κ1) is 96.8. The van der Waals surface area contributed by atoms with Gasteiger partial charge in [-0.05, 0) is 226 Å². The Bertz CT molecular complexity index is 3970. The zero-order valence-corrected chi connectivity index (χ0v) is 80.3. The first-order chi connectivity index (χ1) is 57.0. The molecule has 6 saturated heterocycles. The van der Waals surface area contributed by atoms with Gasteiger partial charge in [-0.3, -0.25) is 57.7 Å². The van der Waals surface area contributed by atoms with Crippen LogP contribution in [0.15, 0.2) is 0 Å². The minimum absolute atomic E-state index is 0. The van der Waals surface area contributed by atoms with E-state index in [0.717, 1.165) is 180 Å². The van der Waals surface area contributed by atoms with Crippen molar-refractivity contribution in [2.45, 2.75) is 402 Å². The Morgan fingerprint density at radius 1 is 0.390 bits per heavy atom. The molecule has 14 atom stereocenters. The molecule has 6 heterocycles. The number of carbonyl (C=O) groups excluding carboxylic acids is 10. The highest BCUT2D eigenvalue weighted by molar-refractivity contribution is 7.88. The zero-order valence-electron chi connectivity index (χ0n) is 77.8. The largest absolute Gasteiger partial charge is 0.343 e. The van der Waals surface area contributed by atoms with Crippen molar-refractivity contribution in [3.63, 3.8) is 0 Å². The molecule has 28 nitrogen and oxygen atoms in total. The Morgan fingerprint density at radius 2 is 0.699 bits per heavy atom. The van der Waals surface area contributed by atoms with Gasteiger partial charge in [0.1, 0.15) is 47.3 Å². The molecule has 696 valence electrons. The average Bonchev–Trinajstić information content (AvgIpc) is 1.45. The fraction of sp³-hybridized carbons (Fsp3) is 0.891. The number of amides is 10. The van der Waals surface area contributed by atoms with Crippen LogP contribution >= 0.6 is 12.4 Å². The van der Waals surface area contributed by atoms with E-state index in [-0.39, 0.29) is 129 Å². The number of hydrogen-bond acceptors (Lipinski definition) is 16. The Balaban J connectivity index is 0.000000223. The lowest BCUT2D eigenvalue weighted by atomic mass is 9.73. The monoisotopic (exact) mass is 1780 g/mol. The molecule has 14 rings (SSSR count). The first-order valence-electron chi connectivity index (χ1n) is 47.7. The van der Waals surface area contributed by atoms with Gasteiger partial charge in [-0.15, -0.1) is 12.4 Å². The van der Waals surface area contributed by atoms with Crippen molar-refractivity contribution in [1.82, 2.24) is 69.6 Å². The Morgan fingerprint density at radius 3 is 0.967 bits per heavy atom. The summed E-state index contributed by atoms with van der Waals surface area (Å²) in [6, 6.07) is -5.76. The second-order valence-corrected chi connectivity index (χ2v) is 48.1. The summed E-state index contributed by atoms with van der Waals surface area (Å²) in [6.45, 7) is 40.2. The number of fused-ring (bicyclic) bond motifs is 2. The lowest BCUT2D eigenvalue weighted by molar-refractivity contribution is -0.145. The molecule has 0 aromatic carbocycles. The van der Waals surface area contributed by atoms with Gasteiger partial charge in [-0.2, -0.15) is 25.4 Å². The Hall–Kier alpha value is -5.27. The topological polar surface area (TPSA) is 355 Å². The lowest BCUT2D eigenvalue weighted by Gasteiger charge is -2.40. The molecule has 8 saturated carbocycles. The summed E-state index contributed by atoms with van der Waals surface area (Å²) in [6.07, 6.45) is 26.3. The van der Waals surface area contributed by atoms with Gasteiger partial charge < -0.3 is 41.7 Å². The predicted octanol–water partition coefficient (Wildman–Crippen LogP) is 9.97. The molecular formula is C92H155ClN14O14S2. The van der Waals surface area contributed by atoms with E-state index in [4.69, 9.17) is 0 Å². The van der Waals surface area contributed by atoms with Crippen LogP contribution in [0.2, 0.25) is 0 Å². The van der Waals surface area contributed by atoms with Crippen molar-refractivity contribution in [2.75, 3.05) is 52.4 Å². The number of rotatable bonds is 26. The summed E-state index contributed by atoms with van der Waals surface area (Å²) >= 11 is 0. The standard InChI is InChI=1S/2C46H77N7O7S.ClH/c2*1-10-43(9)28-46(43,40(58)50-61(59,60)51-24-16-17-25-51)49-37(55)33-27-45(42(7,8)44(45)22-18-23-44)29-53(33)39(57)35(41(4,5)6)48-38(56)34(31-19-12-11-13-20-31)47-36(54)32-21-14-15-26-52(32)30(2)3;/h2*30-35H,10-29H2,1-9H3,(H,47,54)(H,48,56)(H,49,55)(H,50,58);1H/t2*32-,33-,34-,35+,43+,45+,46-;/m00./s1. The van der Waals surface area contributed by atoms with Gasteiger partial charge in [0.2, 0.25) is 47.3 Å². The molecule has 10 amide bonds. The van der Waals surface area contributed by atoms with E-state index in [1.807, 2.05) is 69.2 Å². The summed E-state index contributed by atoms with van der Waals surface area (Å²) in [7, 11) is -8.20. The quantitative estimate of drug-likeness (QED) is 0.0399. The van der Waals surface area contributed by atoms with Crippen LogP contribution in [0.5, 0.6) is 0 Å². The molecule has 0 aromatic rings. The van der Waals surface area contributed by atoms with Crippen molar-refractivity contribution in [3.05, 3.63) is 0 Å². The van der Waals surface area contributed by atoms with Gasteiger partial charge in [-0.1, -0.05) is 161 Å². The first-order valence-corrected chi connectivity index (χ1v) is 50.5. The smallest absolute Gasteiger partial charge is 0.303 e. The van der Waals surface area contributed by atoms with E-state index >= 15 is 9.59 Å². The van der Waals surface area contributed by atoms with Gasteiger partial charge in [-0.25, -0.2) is 9.44 Å². The van der Waals surface area contributed by atoms with Crippen molar-refractivity contribution in [1.29, 1.82) is 0 Å². The predicted molar refractivity (Wildman–Crippen MR) is 475 cm³/mol. The molecule has 6 aliphatic heterocycles. The highest BCUT2D eigenvalue weighted by Crippen LogP contribution is 2.89. The zero-order chi connectivity index (χ0) is 89.1. The van der Waals surface area contributed by atoms with Crippen LogP contribution in [-0.2, 0) is 68.4 Å². The number of hydrogen-bond donors (Lipinski definition) is 8. The van der Waals surface area contributed by atoms with Gasteiger partial charge in [0.25, 0.3) is 11.8 Å². The number of halogens is 1. The molecular weight excluding hydrogens is 1620 g/mol. The number of piperidine rings is 2. The van der Waals surface area contributed by atoms with Crippen LogP contribution in [0, 0.1) is 66.0 Å². The third-order valence-electron chi connectivity index (χ3n) is 35.4. The third-order valence-corrected chi connectivity index (χ3v) is 38.4. The molecule has 14 fully saturated rings. The molecule has 8 aliphatic carbocycles. The maximum Gasteiger partial charge on any atom is 0.303 e. The Labute approximate surface area is 741 Å². The normalized spacial score (nSPS) is 33.2. The van der Waals surface area contributed by atoms with E-state index in [9.17, 15) is 55.2 Å². The molecule has 4 spiro atoms. The summed E-state index contributed by atoms with van der Waals surface area (Å²) in [5.41, 5.74) is -6.77. The molecule has 0 radical (unpaired) electrons. The van der Waals surface area contributed by atoms with Crippen LogP contribution in [-0.4, -0.2) is 228 Å². The second kappa shape index (κ2) is 35.2. The van der Waals surface area contributed by atoms with Crippen molar-refractivity contribution < 1.29 is 64.8 Å². The van der Waals surface area contributed by atoms with Crippen molar-refractivity contribution >= 4 is 91.9 Å². The lowest BCUT2D eigenvalue weighted by Crippen LogP contribution is -2.63. The van der Waals surface area contributed by atoms with Gasteiger partial charge >= 0.3 is 20.4 Å². The SMILES string of the molecule is CC[C@]1(C)C[C@]1(NC(=O)[C@@H]1C[C@@]2(CN1C(=O)[C@@H](NC(=O)[C@@H](NC(=O)[C@@H]1CCCCN1C(C)C)C1CCCCC1)C(C)(C)C)C(C)(C)C21CCC1)C(=O)NS(=O)(=O)N1CCCC1.CC[C@]1(C)C[C@]1(NC(=O)[C@@H]1C[C@@]2(CN1C(=O)[C@@H](NC(=O)[C@@H](NC(=O)[C@@H]1CCCCN1C(C)C)C1CCCCC1)C(C)(C)C)C(C)(C)C21CCC1)C(=O)NS(=O)(=O)N1CCCC1.Cl. The minimum atomic E-state index is -4.10. The van der Waals surface area contributed by atoms with Crippen LogP contribution in [0.1, 0.15) is 330 Å². The number of likely N-dealkylation sites (tertiary alicyclic amines) is 4. The summed E-state index contributed by atoms with van der Waals surface area (Å²) in [4.78, 5) is 155. The van der Waals surface area contributed by atoms with E-state index in [0.29, 0.717) is 65.0 Å². The summed E-state index contributed by atoms with van der Waals surface area (Å²) < 4.78 is 60.5. The highest BCUT2D eigenvalue weighted by Gasteiger charge is 2.87. The van der Waals surface area contributed by atoms with E-state index in [1.54, 1.807) is 9.80 Å². The molecule has 0 bridgehead atoms. The van der Waals surface area contributed by atoms with Gasteiger partial charge in [0.15, 0.2) is 0 Å². The fourth-order valence-electron chi connectivity index (χ4n) is 26.3. The van der Waals surface area contributed by atoms with E-state index in [1.165, 1.54) is 8.61 Å². The van der Waals surface area contributed by atoms with Crippen LogP contribution < -0.4 is 41.3 Å². The van der Waals surface area contributed by atoms with Crippen molar-refractivity contribution in [2.24, 2.45) is 66.0 Å². The second-order valence-electron chi connectivity index (χ2n) is 44.8. The van der Waals surface area contributed by atoms with E-state index in [2.05, 4.69) is 107 Å². The fourth-order valence-corrected chi connectivity index (χ4v) is 28.8. The molecule has 0 unspecified atom stereocenters. The van der Waals surface area contributed by atoms with E-state index < -0.39 is 113 Å². The molecule has 123 heavy (non-hydrogen) atoms. The number of nitrogens with one attached hydrogen (secondary N) is 8. The van der Waals surface area contributed by atoms with Crippen LogP contribution in [0.4, 0.5) is 0 Å². The molecule has 31 heteroatoms. The van der Waals surface area contributed by atoms with Crippen molar-refractivity contribution in [3.8, 4) is 0 Å². The average molecular weight is 1780 g/mol. The maximum atomic E-state index is 15.4. The number of carbonyl (C=O) groups is 10. The minimum Gasteiger partial charge on any atom is -0.343 e. The highest BCUT2D eigenvalue weighted by atomic mass is 35.5. The maximum absolute atomic E-state index is 15.4. The molecule has 14 aliphatic rings. The molecule has 0 aromatic heterocycles. The third kappa shape index (κ3) is 17.0. The van der Waals surface area contributed by atoms with Gasteiger partial charge in [0, 0.05) is 73.0 Å². The van der Waals surface area contributed by atoms with Crippen LogP contribution in [0.3, 0.4) is 0 Å². The van der Waals surface area contributed by atoms with Crippen LogP contribution in [0.25, 0.3) is 0 Å². The number of nitrogens with zero attached hydrogens (tertiary/aromatic N) is 6. The summed E-state index contributed by atoms with van der Waals surface area (Å²) in [5.74, 6) is -4.28.